The largest absolute Gasteiger partial charge is 0.496 e. The number of nitrogens with one attached hydrogen (secondary N) is 2. The van der Waals surface area contributed by atoms with Crippen molar-refractivity contribution in [1.29, 1.82) is 0 Å². The number of carbonyl (C=O) groups excluding carboxylic acids is 1. The van der Waals surface area contributed by atoms with E-state index in [4.69, 9.17) is 4.74 Å². The van der Waals surface area contributed by atoms with Crippen LogP contribution in [0.3, 0.4) is 0 Å². The number of ether oxygens (including phenoxy) is 1. The van der Waals surface area contributed by atoms with E-state index in [9.17, 15) is 4.79 Å². The van der Waals surface area contributed by atoms with Crippen LogP contribution in [0.4, 0.5) is 0 Å². The predicted octanol–water partition coefficient (Wildman–Crippen LogP) is 1.83. The lowest BCUT2D eigenvalue weighted by Crippen LogP contribution is -2.32. The van der Waals surface area contributed by atoms with Crippen molar-refractivity contribution in [3.8, 4) is 17.0 Å². The molecule has 124 valence electrons. The van der Waals surface area contributed by atoms with Gasteiger partial charge in [0.25, 0.3) is 5.91 Å². The maximum absolute atomic E-state index is 12.5. The lowest BCUT2D eigenvalue weighted by molar-refractivity contribution is 0.0954. The summed E-state index contributed by atoms with van der Waals surface area (Å²) in [5.74, 6) is 0.571. The summed E-state index contributed by atoms with van der Waals surface area (Å²) in [6, 6.07) is 7.56. The Morgan fingerprint density at radius 2 is 2.04 bits per heavy atom. The molecule has 0 fully saturated rings. The van der Waals surface area contributed by atoms with Crippen LogP contribution in [-0.2, 0) is 7.05 Å². The molecule has 0 aliphatic rings. The van der Waals surface area contributed by atoms with E-state index in [1.54, 1.807) is 25.0 Å². The van der Waals surface area contributed by atoms with Gasteiger partial charge in [0.05, 0.1) is 12.7 Å². The van der Waals surface area contributed by atoms with Gasteiger partial charge in [0.1, 0.15) is 11.4 Å². The summed E-state index contributed by atoms with van der Waals surface area (Å²) in [5, 5.41) is 10.6. The quantitative estimate of drug-likeness (QED) is 0.729. The molecular formula is C17H24N4O2. The van der Waals surface area contributed by atoms with E-state index in [1.807, 2.05) is 24.3 Å². The Bertz CT molecular complexity index is 652. The van der Waals surface area contributed by atoms with Gasteiger partial charge in [0, 0.05) is 31.9 Å². The Morgan fingerprint density at radius 3 is 2.78 bits per heavy atom. The molecule has 6 nitrogen and oxygen atoms in total. The number of benzene rings is 1. The van der Waals surface area contributed by atoms with Crippen molar-refractivity contribution in [3.05, 3.63) is 36.0 Å². The van der Waals surface area contributed by atoms with E-state index in [-0.39, 0.29) is 5.91 Å². The van der Waals surface area contributed by atoms with Crippen molar-refractivity contribution in [2.75, 3.05) is 26.7 Å². The zero-order valence-corrected chi connectivity index (χ0v) is 13.9. The number of hydrogen-bond donors (Lipinski definition) is 2. The maximum Gasteiger partial charge on any atom is 0.255 e. The Morgan fingerprint density at radius 1 is 1.26 bits per heavy atom. The normalized spacial score (nSPS) is 10.6. The Hall–Kier alpha value is -2.34. The maximum atomic E-state index is 12.5. The molecule has 0 spiro atoms. The van der Waals surface area contributed by atoms with Crippen molar-refractivity contribution < 1.29 is 9.53 Å². The fourth-order valence-electron chi connectivity index (χ4n) is 2.36. The van der Waals surface area contributed by atoms with Crippen molar-refractivity contribution in [1.82, 2.24) is 20.4 Å². The van der Waals surface area contributed by atoms with E-state index >= 15 is 0 Å². The molecule has 0 atom stereocenters. The molecule has 2 aromatic rings. The van der Waals surface area contributed by atoms with Gasteiger partial charge in [0.15, 0.2) is 0 Å². The van der Waals surface area contributed by atoms with Crippen LogP contribution in [-0.4, -0.2) is 42.4 Å². The topological polar surface area (TPSA) is 68.2 Å². The minimum Gasteiger partial charge on any atom is -0.496 e. The Balaban J connectivity index is 2.15. The van der Waals surface area contributed by atoms with Crippen LogP contribution >= 0.6 is 0 Å². The lowest BCUT2D eigenvalue weighted by Gasteiger charge is -2.09. The Kier molecular flexibility index (Phi) is 6.17. The highest BCUT2D eigenvalue weighted by Crippen LogP contribution is 2.30. The highest BCUT2D eigenvalue weighted by atomic mass is 16.5. The number of amides is 1. The third-order valence-electron chi connectivity index (χ3n) is 3.45. The first kappa shape index (κ1) is 17.0. The minimum absolute atomic E-state index is 0.127. The first-order valence-electron chi connectivity index (χ1n) is 7.83. The highest BCUT2D eigenvalue weighted by Gasteiger charge is 2.19. The summed E-state index contributed by atoms with van der Waals surface area (Å²) >= 11 is 0. The third kappa shape index (κ3) is 4.32. The Labute approximate surface area is 136 Å². The number of para-hydroxylation sites is 1. The minimum atomic E-state index is -0.127. The molecule has 0 radical (unpaired) electrons. The second-order valence-electron chi connectivity index (χ2n) is 5.27. The summed E-state index contributed by atoms with van der Waals surface area (Å²) in [4.78, 5) is 12.5. The van der Waals surface area contributed by atoms with Gasteiger partial charge in [-0.25, -0.2) is 0 Å². The molecule has 0 aliphatic carbocycles. The molecule has 1 heterocycles. The van der Waals surface area contributed by atoms with Crippen LogP contribution in [0.15, 0.2) is 30.5 Å². The van der Waals surface area contributed by atoms with E-state index in [1.165, 1.54) is 0 Å². The smallest absolute Gasteiger partial charge is 0.255 e. The number of carbonyl (C=O) groups is 1. The van der Waals surface area contributed by atoms with Crippen molar-refractivity contribution in [2.24, 2.45) is 7.05 Å². The molecule has 0 bridgehead atoms. The molecule has 0 aliphatic heterocycles. The van der Waals surface area contributed by atoms with Crippen LogP contribution in [0.2, 0.25) is 0 Å². The summed E-state index contributed by atoms with van der Waals surface area (Å²) in [6.07, 6.45) is 2.81. The monoisotopic (exact) mass is 316 g/mol. The third-order valence-corrected chi connectivity index (χ3v) is 3.45. The van der Waals surface area contributed by atoms with Gasteiger partial charge in [-0.15, -0.1) is 0 Å². The molecule has 1 aromatic heterocycles. The summed E-state index contributed by atoms with van der Waals surface area (Å²) in [7, 11) is 3.42. The summed E-state index contributed by atoms with van der Waals surface area (Å²) in [5.41, 5.74) is 1.99. The number of methoxy groups -OCH3 is 1. The molecular weight excluding hydrogens is 292 g/mol. The van der Waals surface area contributed by atoms with Crippen molar-refractivity contribution in [3.63, 3.8) is 0 Å². The molecule has 1 amide bonds. The van der Waals surface area contributed by atoms with Crippen LogP contribution in [0.1, 0.15) is 23.7 Å². The van der Waals surface area contributed by atoms with Gasteiger partial charge in [-0.2, -0.15) is 5.10 Å². The second-order valence-corrected chi connectivity index (χ2v) is 5.27. The first-order valence-corrected chi connectivity index (χ1v) is 7.83. The first-order chi connectivity index (χ1) is 11.2. The van der Waals surface area contributed by atoms with Gasteiger partial charge in [-0.05, 0) is 25.1 Å². The van der Waals surface area contributed by atoms with Gasteiger partial charge in [-0.1, -0.05) is 19.1 Å². The van der Waals surface area contributed by atoms with E-state index < -0.39 is 0 Å². The molecule has 23 heavy (non-hydrogen) atoms. The highest BCUT2D eigenvalue weighted by molar-refractivity contribution is 6.00. The molecule has 0 unspecified atom stereocenters. The fourth-order valence-corrected chi connectivity index (χ4v) is 2.36. The number of hydrogen-bond acceptors (Lipinski definition) is 4. The summed E-state index contributed by atoms with van der Waals surface area (Å²) in [6.45, 7) is 4.40. The zero-order chi connectivity index (χ0) is 16.7. The molecule has 0 saturated carbocycles. The van der Waals surface area contributed by atoms with Crippen LogP contribution in [0.5, 0.6) is 5.75 Å². The number of rotatable bonds is 8. The van der Waals surface area contributed by atoms with Crippen LogP contribution in [0.25, 0.3) is 11.3 Å². The molecule has 1 aromatic carbocycles. The van der Waals surface area contributed by atoms with Gasteiger partial charge < -0.3 is 15.4 Å². The van der Waals surface area contributed by atoms with Crippen LogP contribution in [0, 0.1) is 0 Å². The predicted molar refractivity (Wildman–Crippen MR) is 90.7 cm³/mol. The lowest BCUT2D eigenvalue weighted by atomic mass is 10.1. The van der Waals surface area contributed by atoms with Gasteiger partial charge in [0.2, 0.25) is 0 Å². The average molecular weight is 316 g/mol. The number of aromatic nitrogens is 2. The summed E-state index contributed by atoms with van der Waals surface area (Å²) < 4.78 is 7.02. The molecule has 2 N–H and O–H groups in total. The SMILES string of the molecule is CCCNCCNC(=O)c1cn(C)nc1-c1ccccc1OC. The molecule has 6 heteroatoms. The molecule has 0 saturated heterocycles. The van der Waals surface area contributed by atoms with E-state index in [0.29, 0.717) is 23.6 Å². The number of nitrogens with zero attached hydrogens (tertiary/aromatic N) is 2. The average Bonchev–Trinajstić information content (AvgIpc) is 2.96. The van der Waals surface area contributed by atoms with Gasteiger partial charge >= 0.3 is 0 Å². The zero-order valence-electron chi connectivity index (χ0n) is 13.9. The van der Waals surface area contributed by atoms with Crippen molar-refractivity contribution in [2.45, 2.75) is 13.3 Å². The standard InChI is InChI=1S/C17H24N4O2/c1-4-9-18-10-11-19-17(22)14-12-21(2)20-16(14)13-7-5-6-8-15(13)23-3/h5-8,12,18H,4,9-11H2,1-3H3,(H,19,22). The van der Waals surface area contributed by atoms with E-state index in [2.05, 4.69) is 22.7 Å². The fraction of sp³-hybridized carbons (Fsp3) is 0.412. The number of aryl methyl sites for hydroxylation is 1. The van der Waals surface area contributed by atoms with E-state index in [0.717, 1.165) is 25.1 Å². The van der Waals surface area contributed by atoms with Gasteiger partial charge in [-0.3, -0.25) is 9.48 Å². The molecule has 2 rings (SSSR count). The van der Waals surface area contributed by atoms with Crippen molar-refractivity contribution >= 4 is 5.91 Å². The van der Waals surface area contributed by atoms with Crippen LogP contribution < -0.4 is 15.4 Å². The second kappa shape index (κ2) is 8.33.